The molecule has 0 aromatic heterocycles. The summed E-state index contributed by atoms with van der Waals surface area (Å²) in [5, 5.41) is 18.8. The molecule has 0 radical (unpaired) electrons. The van der Waals surface area contributed by atoms with E-state index in [1.165, 1.54) is 89.5 Å². The van der Waals surface area contributed by atoms with Gasteiger partial charge in [-0.25, -0.2) is 0 Å². The number of hydrogen-bond donors (Lipinski definition) is 2. The van der Waals surface area contributed by atoms with Crippen molar-refractivity contribution in [2.45, 2.75) is 116 Å². The first-order chi connectivity index (χ1) is 14.7. The first kappa shape index (κ1) is 26.5. The van der Waals surface area contributed by atoms with Gasteiger partial charge in [0.25, 0.3) is 0 Å². The molecule has 0 heterocycles. The smallest absolute Gasteiger partial charge is 0.311 e. The predicted octanol–water partition coefficient (Wildman–Crippen LogP) is 7.09. The highest BCUT2D eigenvalue weighted by molar-refractivity contribution is 5.73. The number of esters is 1. The van der Waals surface area contributed by atoms with E-state index in [2.05, 4.69) is 6.92 Å². The number of phenols is 1. The summed E-state index contributed by atoms with van der Waals surface area (Å²) >= 11 is 0. The molecule has 0 atom stereocenters. The van der Waals surface area contributed by atoms with Gasteiger partial charge >= 0.3 is 5.97 Å². The Kier molecular flexibility index (Phi) is 16.1. The molecular formula is C26H44O4. The number of hydrogen-bond acceptors (Lipinski definition) is 4. The van der Waals surface area contributed by atoms with E-state index in [0.29, 0.717) is 12.8 Å². The highest BCUT2D eigenvalue weighted by Crippen LogP contribution is 2.27. The quantitative estimate of drug-likeness (QED) is 0.142. The zero-order valence-electron chi connectivity index (χ0n) is 19.2. The fraction of sp³-hybridized carbons (Fsp3) is 0.731. The second-order valence-corrected chi connectivity index (χ2v) is 8.45. The Labute approximate surface area is 184 Å². The van der Waals surface area contributed by atoms with Crippen LogP contribution in [0.5, 0.6) is 11.5 Å². The molecule has 4 heteroatoms. The van der Waals surface area contributed by atoms with Crippen LogP contribution in [0.25, 0.3) is 0 Å². The second-order valence-electron chi connectivity index (χ2n) is 8.45. The van der Waals surface area contributed by atoms with E-state index >= 15 is 0 Å². The monoisotopic (exact) mass is 420 g/mol. The largest absolute Gasteiger partial charge is 0.504 e. The van der Waals surface area contributed by atoms with Crippen LogP contribution < -0.4 is 4.74 Å². The third kappa shape index (κ3) is 13.6. The first-order valence-electron chi connectivity index (χ1n) is 12.3. The van der Waals surface area contributed by atoms with Gasteiger partial charge in [0.05, 0.1) is 0 Å². The number of carbonyl (C=O) groups excluding carboxylic acids is 1. The number of aliphatic hydroxyl groups is 1. The minimum atomic E-state index is -0.296. The molecule has 0 saturated heterocycles. The maximum absolute atomic E-state index is 11.9. The average molecular weight is 421 g/mol. The summed E-state index contributed by atoms with van der Waals surface area (Å²) in [6, 6.07) is 4.88. The molecule has 0 fully saturated rings. The number of aromatic hydroxyl groups is 1. The van der Waals surface area contributed by atoms with E-state index in [4.69, 9.17) is 9.84 Å². The van der Waals surface area contributed by atoms with Crippen LogP contribution >= 0.6 is 0 Å². The van der Waals surface area contributed by atoms with Gasteiger partial charge in [0.15, 0.2) is 11.5 Å². The Morgan fingerprint density at radius 1 is 0.800 bits per heavy atom. The minimum Gasteiger partial charge on any atom is -0.504 e. The third-order valence-electron chi connectivity index (χ3n) is 5.63. The van der Waals surface area contributed by atoms with Crippen LogP contribution in [0.1, 0.15) is 115 Å². The highest BCUT2D eigenvalue weighted by Gasteiger charge is 2.09. The van der Waals surface area contributed by atoms with Gasteiger partial charge in [0.1, 0.15) is 0 Å². The van der Waals surface area contributed by atoms with Gasteiger partial charge < -0.3 is 14.9 Å². The van der Waals surface area contributed by atoms with Crippen LogP contribution in [0.4, 0.5) is 0 Å². The highest BCUT2D eigenvalue weighted by atomic mass is 16.5. The number of phenolic OH excluding ortho intramolecular Hbond substituents is 1. The van der Waals surface area contributed by atoms with Gasteiger partial charge in [-0.3, -0.25) is 4.79 Å². The topological polar surface area (TPSA) is 66.8 Å². The molecular weight excluding hydrogens is 376 g/mol. The van der Waals surface area contributed by atoms with Crippen molar-refractivity contribution >= 4 is 5.97 Å². The predicted molar refractivity (Wildman–Crippen MR) is 124 cm³/mol. The fourth-order valence-corrected chi connectivity index (χ4v) is 3.75. The fourth-order valence-electron chi connectivity index (χ4n) is 3.75. The van der Waals surface area contributed by atoms with E-state index in [1.807, 2.05) is 0 Å². The summed E-state index contributed by atoms with van der Waals surface area (Å²) in [6.07, 6.45) is 20.3. The van der Waals surface area contributed by atoms with E-state index in [9.17, 15) is 9.90 Å². The van der Waals surface area contributed by atoms with Crippen molar-refractivity contribution < 1.29 is 19.7 Å². The number of aliphatic hydroxyl groups excluding tert-OH is 1. The molecule has 172 valence electrons. The molecule has 2 N–H and O–H groups in total. The van der Waals surface area contributed by atoms with Crippen molar-refractivity contribution in [1.29, 1.82) is 0 Å². The SMILES string of the molecule is CCCCCCCCCCCCCCCCCC(=O)Oc1ccc(CCO)cc1O. The van der Waals surface area contributed by atoms with Gasteiger partial charge in [-0.15, -0.1) is 0 Å². The molecule has 0 amide bonds. The molecule has 30 heavy (non-hydrogen) atoms. The normalized spacial score (nSPS) is 11.0. The zero-order chi connectivity index (χ0) is 21.9. The van der Waals surface area contributed by atoms with Crippen molar-refractivity contribution in [3.05, 3.63) is 23.8 Å². The summed E-state index contributed by atoms with van der Waals surface area (Å²) in [5.74, 6) is -0.150. The molecule has 0 spiro atoms. The van der Waals surface area contributed by atoms with E-state index < -0.39 is 0 Å². The molecule has 0 aliphatic heterocycles. The number of benzene rings is 1. The van der Waals surface area contributed by atoms with Crippen molar-refractivity contribution in [1.82, 2.24) is 0 Å². The molecule has 1 aromatic carbocycles. The van der Waals surface area contributed by atoms with Crippen LogP contribution in [0, 0.1) is 0 Å². The molecule has 0 aliphatic rings. The number of unbranched alkanes of at least 4 members (excludes halogenated alkanes) is 14. The van der Waals surface area contributed by atoms with Crippen LogP contribution in [0.15, 0.2) is 18.2 Å². The lowest BCUT2D eigenvalue weighted by atomic mass is 10.0. The van der Waals surface area contributed by atoms with E-state index in [-0.39, 0.29) is 24.1 Å². The van der Waals surface area contributed by atoms with E-state index in [1.54, 1.807) is 12.1 Å². The summed E-state index contributed by atoms with van der Waals surface area (Å²) in [5.41, 5.74) is 0.817. The Morgan fingerprint density at radius 2 is 1.30 bits per heavy atom. The number of carbonyl (C=O) groups is 1. The summed E-state index contributed by atoms with van der Waals surface area (Å²) in [4.78, 5) is 11.9. The average Bonchev–Trinajstić information content (AvgIpc) is 2.73. The van der Waals surface area contributed by atoms with Crippen molar-refractivity contribution in [3.63, 3.8) is 0 Å². The van der Waals surface area contributed by atoms with Gasteiger partial charge in [-0.1, -0.05) is 103 Å². The van der Waals surface area contributed by atoms with Gasteiger partial charge in [0.2, 0.25) is 0 Å². The summed E-state index contributed by atoms with van der Waals surface area (Å²) in [6.45, 7) is 2.29. The number of ether oxygens (including phenoxy) is 1. The zero-order valence-corrected chi connectivity index (χ0v) is 19.2. The maximum atomic E-state index is 11.9. The van der Waals surface area contributed by atoms with Crippen LogP contribution in [0.2, 0.25) is 0 Å². The third-order valence-corrected chi connectivity index (χ3v) is 5.63. The lowest BCUT2D eigenvalue weighted by molar-refractivity contribution is -0.134. The molecule has 0 saturated carbocycles. The number of rotatable bonds is 19. The molecule has 4 nitrogen and oxygen atoms in total. The lowest BCUT2D eigenvalue weighted by Crippen LogP contribution is -2.07. The first-order valence-corrected chi connectivity index (χ1v) is 12.3. The van der Waals surface area contributed by atoms with Crippen molar-refractivity contribution in [2.75, 3.05) is 6.61 Å². The Morgan fingerprint density at radius 3 is 1.77 bits per heavy atom. The molecule has 0 aliphatic carbocycles. The van der Waals surface area contributed by atoms with E-state index in [0.717, 1.165) is 18.4 Å². The van der Waals surface area contributed by atoms with Crippen molar-refractivity contribution in [2.24, 2.45) is 0 Å². The van der Waals surface area contributed by atoms with Crippen LogP contribution in [-0.2, 0) is 11.2 Å². The Balaban J connectivity index is 1.93. The van der Waals surface area contributed by atoms with Gasteiger partial charge in [-0.05, 0) is 30.5 Å². The van der Waals surface area contributed by atoms with Crippen LogP contribution in [-0.4, -0.2) is 22.8 Å². The molecule has 0 unspecified atom stereocenters. The van der Waals surface area contributed by atoms with Gasteiger partial charge in [-0.2, -0.15) is 0 Å². The molecule has 0 bridgehead atoms. The Bertz CT molecular complexity index is 556. The molecule has 1 aromatic rings. The minimum absolute atomic E-state index is 0.0256. The maximum Gasteiger partial charge on any atom is 0.311 e. The standard InChI is InChI=1S/C26H44O4/c1-2-3-4-5-6-7-8-9-10-11-12-13-14-15-16-17-26(29)30-25-19-18-23(20-21-27)22-24(25)28/h18-19,22,27-28H,2-17,20-21H2,1H3. The molecule has 1 rings (SSSR count). The summed E-state index contributed by atoms with van der Waals surface area (Å²) in [7, 11) is 0. The Hall–Kier alpha value is -1.55. The van der Waals surface area contributed by atoms with Crippen molar-refractivity contribution in [3.8, 4) is 11.5 Å². The second kappa shape index (κ2) is 18.2. The summed E-state index contributed by atoms with van der Waals surface area (Å²) < 4.78 is 5.25. The van der Waals surface area contributed by atoms with Gasteiger partial charge in [0, 0.05) is 13.0 Å². The lowest BCUT2D eigenvalue weighted by Gasteiger charge is -2.08. The van der Waals surface area contributed by atoms with Crippen LogP contribution in [0.3, 0.4) is 0 Å².